The van der Waals surface area contributed by atoms with Crippen molar-refractivity contribution in [3.05, 3.63) is 95.1 Å². The summed E-state index contributed by atoms with van der Waals surface area (Å²) in [4.78, 5) is 12.3. The number of anilines is 1. The van der Waals surface area contributed by atoms with Gasteiger partial charge in [0.25, 0.3) is 0 Å². The van der Waals surface area contributed by atoms with Crippen LogP contribution in [0.15, 0.2) is 72.8 Å². The molecule has 0 fully saturated rings. The van der Waals surface area contributed by atoms with Crippen LogP contribution >= 0.6 is 0 Å². The maximum absolute atomic E-state index is 12.3. The van der Waals surface area contributed by atoms with Crippen LogP contribution in [0.1, 0.15) is 22.3 Å². The minimum atomic E-state index is -0.265. The third kappa shape index (κ3) is 6.12. The number of rotatable bonds is 7. The molecule has 0 heterocycles. The minimum absolute atomic E-state index is 0.265. The zero-order chi connectivity index (χ0) is 20.5. The first kappa shape index (κ1) is 20.0. The molecule has 2 amide bonds. The van der Waals surface area contributed by atoms with Gasteiger partial charge in [0.05, 0.1) is 12.5 Å². The Kier molecular flexibility index (Phi) is 6.85. The van der Waals surface area contributed by atoms with E-state index < -0.39 is 0 Å². The Hall–Kier alpha value is -3.78. The summed E-state index contributed by atoms with van der Waals surface area (Å²) in [5.74, 6) is 0.713. The molecule has 0 saturated carbocycles. The zero-order valence-electron chi connectivity index (χ0n) is 16.3. The van der Waals surface area contributed by atoms with Crippen LogP contribution in [0, 0.1) is 18.3 Å². The first-order valence-electron chi connectivity index (χ1n) is 9.41. The SMILES string of the molecule is Cc1ccc(CNC(=O)Nc2ccccc2COc2ccc(CC#N)cc2)cc1. The number of carbonyl (C=O) groups excluding carboxylic acids is 1. The quantitative estimate of drug-likeness (QED) is 0.603. The summed E-state index contributed by atoms with van der Waals surface area (Å²) >= 11 is 0. The highest BCUT2D eigenvalue weighted by Crippen LogP contribution is 2.19. The van der Waals surface area contributed by atoms with E-state index in [0.717, 1.165) is 16.7 Å². The number of amides is 2. The fourth-order valence-corrected chi connectivity index (χ4v) is 2.78. The molecule has 0 unspecified atom stereocenters. The number of benzene rings is 3. The predicted molar refractivity (Wildman–Crippen MR) is 114 cm³/mol. The molecule has 0 spiro atoms. The van der Waals surface area contributed by atoms with E-state index in [1.54, 1.807) is 0 Å². The highest BCUT2D eigenvalue weighted by Gasteiger charge is 2.07. The second kappa shape index (κ2) is 9.95. The maximum Gasteiger partial charge on any atom is 0.319 e. The number of nitrogens with one attached hydrogen (secondary N) is 2. The van der Waals surface area contributed by atoms with Gasteiger partial charge in [0.2, 0.25) is 0 Å². The number of aryl methyl sites for hydroxylation is 1. The smallest absolute Gasteiger partial charge is 0.319 e. The lowest BCUT2D eigenvalue weighted by molar-refractivity contribution is 0.251. The molecule has 29 heavy (non-hydrogen) atoms. The average Bonchev–Trinajstić information content (AvgIpc) is 2.74. The number of hydrogen-bond donors (Lipinski definition) is 2. The van der Waals surface area contributed by atoms with Crippen molar-refractivity contribution in [3.63, 3.8) is 0 Å². The maximum atomic E-state index is 12.3. The highest BCUT2D eigenvalue weighted by atomic mass is 16.5. The van der Waals surface area contributed by atoms with Gasteiger partial charge in [-0.2, -0.15) is 5.26 Å². The summed E-state index contributed by atoms with van der Waals surface area (Å²) in [6.07, 6.45) is 0.380. The third-order valence-corrected chi connectivity index (χ3v) is 4.44. The Balaban J connectivity index is 1.56. The van der Waals surface area contributed by atoms with Crippen molar-refractivity contribution in [2.75, 3.05) is 5.32 Å². The van der Waals surface area contributed by atoms with E-state index in [4.69, 9.17) is 10.00 Å². The molecule has 0 bridgehead atoms. The Labute approximate surface area is 171 Å². The Morgan fingerprint density at radius 2 is 1.66 bits per heavy atom. The molecule has 3 aromatic carbocycles. The fourth-order valence-electron chi connectivity index (χ4n) is 2.78. The number of nitrogens with zero attached hydrogens (tertiary/aromatic N) is 1. The van der Waals surface area contributed by atoms with Crippen molar-refractivity contribution in [1.82, 2.24) is 5.32 Å². The second-order valence-corrected chi connectivity index (χ2v) is 6.72. The van der Waals surface area contributed by atoms with Gasteiger partial charge in [-0.05, 0) is 36.2 Å². The van der Waals surface area contributed by atoms with E-state index >= 15 is 0 Å². The standard InChI is InChI=1S/C24H23N3O2/c1-18-6-8-20(9-7-18)16-26-24(28)27-23-5-3-2-4-21(23)17-29-22-12-10-19(11-13-22)14-15-25/h2-13H,14,16-17H2,1H3,(H2,26,27,28). The summed E-state index contributed by atoms with van der Waals surface area (Å²) < 4.78 is 5.83. The first-order chi connectivity index (χ1) is 14.1. The van der Waals surface area contributed by atoms with Gasteiger partial charge in [-0.3, -0.25) is 0 Å². The van der Waals surface area contributed by atoms with Crippen molar-refractivity contribution in [2.24, 2.45) is 0 Å². The summed E-state index contributed by atoms with van der Waals surface area (Å²) in [7, 11) is 0. The molecule has 0 saturated heterocycles. The monoisotopic (exact) mass is 385 g/mol. The zero-order valence-corrected chi connectivity index (χ0v) is 16.3. The minimum Gasteiger partial charge on any atom is -0.489 e. The van der Waals surface area contributed by atoms with Crippen LogP contribution in [0.5, 0.6) is 5.75 Å². The number of urea groups is 1. The van der Waals surface area contributed by atoms with Gasteiger partial charge < -0.3 is 15.4 Å². The van der Waals surface area contributed by atoms with Crippen molar-refractivity contribution >= 4 is 11.7 Å². The largest absolute Gasteiger partial charge is 0.489 e. The van der Waals surface area contributed by atoms with Gasteiger partial charge in [-0.15, -0.1) is 0 Å². The van der Waals surface area contributed by atoms with Crippen molar-refractivity contribution in [2.45, 2.75) is 26.5 Å². The van der Waals surface area contributed by atoms with Crippen LogP contribution in [-0.2, 0) is 19.6 Å². The second-order valence-electron chi connectivity index (χ2n) is 6.72. The van der Waals surface area contributed by atoms with Gasteiger partial charge in [0, 0.05) is 17.8 Å². The molecule has 2 N–H and O–H groups in total. The molecule has 3 aromatic rings. The molecule has 146 valence electrons. The summed E-state index contributed by atoms with van der Waals surface area (Å²) in [6.45, 7) is 2.81. The lowest BCUT2D eigenvalue weighted by atomic mass is 10.1. The molecule has 0 aliphatic rings. The van der Waals surface area contributed by atoms with E-state index in [9.17, 15) is 4.79 Å². The van der Waals surface area contributed by atoms with Crippen LogP contribution in [0.25, 0.3) is 0 Å². The molecule has 0 aliphatic heterocycles. The number of ether oxygens (including phenoxy) is 1. The fraction of sp³-hybridized carbons (Fsp3) is 0.167. The normalized spacial score (nSPS) is 10.1. The topological polar surface area (TPSA) is 74.2 Å². The molecule has 0 aliphatic carbocycles. The van der Waals surface area contributed by atoms with Gasteiger partial charge in [-0.25, -0.2) is 4.79 Å². The molecule has 0 atom stereocenters. The van der Waals surface area contributed by atoms with E-state index in [2.05, 4.69) is 16.7 Å². The summed E-state index contributed by atoms with van der Waals surface area (Å²) in [6, 6.07) is 24.9. The average molecular weight is 385 g/mol. The lowest BCUT2D eigenvalue weighted by Crippen LogP contribution is -2.28. The van der Waals surface area contributed by atoms with Crippen LogP contribution in [0.4, 0.5) is 10.5 Å². The molecule has 5 heteroatoms. The van der Waals surface area contributed by atoms with E-state index in [1.165, 1.54) is 5.56 Å². The number of para-hydroxylation sites is 1. The lowest BCUT2D eigenvalue weighted by Gasteiger charge is -2.13. The highest BCUT2D eigenvalue weighted by molar-refractivity contribution is 5.90. The first-order valence-corrected chi connectivity index (χ1v) is 9.41. The Morgan fingerprint density at radius 3 is 2.38 bits per heavy atom. The van der Waals surface area contributed by atoms with Crippen molar-refractivity contribution in [1.29, 1.82) is 5.26 Å². The molecule has 3 rings (SSSR count). The summed E-state index contributed by atoms with van der Waals surface area (Å²) in [5.41, 5.74) is 4.76. The van der Waals surface area contributed by atoms with Crippen molar-refractivity contribution in [3.8, 4) is 11.8 Å². The summed E-state index contributed by atoms with van der Waals surface area (Å²) in [5, 5.41) is 14.5. The number of hydrogen-bond acceptors (Lipinski definition) is 3. The van der Waals surface area contributed by atoms with Gasteiger partial charge in [-0.1, -0.05) is 60.2 Å². The Bertz CT molecular complexity index is 990. The van der Waals surface area contributed by atoms with Crippen LogP contribution < -0.4 is 15.4 Å². The van der Waals surface area contributed by atoms with E-state index in [1.807, 2.05) is 79.7 Å². The Morgan fingerprint density at radius 1 is 0.966 bits per heavy atom. The molecule has 5 nitrogen and oxygen atoms in total. The van der Waals surface area contributed by atoms with Gasteiger partial charge in [0.15, 0.2) is 0 Å². The third-order valence-electron chi connectivity index (χ3n) is 4.44. The van der Waals surface area contributed by atoms with Crippen LogP contribution in [0.2, 0.25) is 0 Å². The van der Waals surface area contributed by atoms with Gasteiger partial charge >= 0.3 is 6.03 Å². The number of carbonyl (C=O) groups is 1. The predicted octanol–water partition coefficient (Wildman–Crippen LogP) is 4.96. The number of nitriles is 1. The van der Waals surface area contributed by atoms with Crippen molar-refractivity contribution < 1.29 is 9.53 Å². The van der Waals surface area contributed by atoms with Crippen LogP contribution in [-0.4, -0.2) is 6.03 Å². The van der Waals surface area contributed by atoms with E-state index in [-0.39, 0.29) is 6.03 Å². The molecular weight excluding hydrogens is 362 g/mol. The molecule has 0 radical (unpaired) electrons. The van der Waals surface area contributed by atoms with E-state index in [0.29, 0.717) is 31.0 Å². The van der Waals surface area contributed by atoms with Crippen LogP contribution in [0.3, 0.4) is 0 Å². The molecule has 0 aromatic heterocycles. The van der Waals surface area contributed by atoms with Gasteiger partial charge in [0.1, 0.15) is 12.4 Å². The molecular formula is C24H23N3O2.